The van der Waals surface area contributed by atoms with E-state index in [1.807, 2.05) is 36.4 Å². The predicted molar refractivity (Wildman–Crippen MR) is 115 cm³/mol. The second-order valence-electron chi connectivity index (χ2n) is 7.25. The Morgan fingerprint density at radius 1 is 0.767 bits per heavy atom. The molecule has 0 atom stereocenters. The third kappa shape index (κ3) is 2.85. The van der Waals surface area contributed by atoms with E-state index in [0.29, 0.717) is 24.8 Å². The molecule has 0 N–H and O–H groups in total. The summed E-state index contributed by atoms with van der Waals surface area (Å²) in [6, 6.07) is 22.5. The van der Waals surface area contributed by atoms with Gasteiger partial charge < -0.3 is 9.47 Å². The largest absolute Gasteiger partial charge is 0.490 e. The molecule has 0 fully saturated rings. The molecular formula is C24H18N4O2. The van der Waals surface area contributed by atoms with E-state index in [-0.39, 0.29) is 0 Å². The minimum atomic E-state index is 0.558. The van der Waals surface area contributed by atoms with E-state index in [9.17, 15) is 0 Å². The maximum absolute atomic E-state index is 5.82. The fourth-order valence-corrected chi connectivity index (χ4v) is 3.79. The number of fused-ring (bicyclic) bond motifs is 3. The van der Waals surface area contributed by atoms with Gasteiger partial charge in [0.1, 0.15) is 0 Å². The molecule has 5 aromatic rings. The van der Waals surface area contributed by atoms with Crippen LogP contribution >= 0.6 is 0 Å². The average Bonchev–Trinajstić information content (AvgIpc) is 3.10. The van der Waals surface area contributed by atoms with Crippen molar-refractivity contribution in [1.29, 1.82) is 0 Å². The normalized spacial score (nSPS) is 13.5. The summed E-state index contributed by atoms with van der Waals surface area (Å²) in [4.78, 5) is 9.06. The maximum Gasteiger partial charge on any atom is 0.253 e. The summed E-state index contributed by atoms with van der Waals surface area (Å²) in [6.45, 7) is 1.31. The van der Waals surface area contributed by atoms with Gasteiger partial charge in [-0.3, -0.25) is 0 Å². The third-order valence-electron chi connectivity index (χ3n) is 5.29. The van der Waals surface area contributed by atoms with Crippen LogP contribution in [0, 0.1) is 0 Å². The first kappa shape index (κ1) is 17.0. The lowest BCUT2D eigenvalue weighted by Crippen LogP contribution is -1.97. The van der Waals surface area contributed by atoms with Crippen LogP contribution in [0.3, 0.4) is 0 Å². The molecule has 1 aliphatic heterocycles. The molecule has 30 heavy (non-hydrogen) atoms. The quantitative estimate of drug-likeness (QED) is 0.431. The van der Waals surface area contributed by atoms with Gasteiger partial charge in [-0.1, -0.05) is 36.4 Å². The van der Waals surface area contributed by atoms with Crippen molar-refractivity contribution in [1.82, 2.24) is 19.6 Å². The van der Waals surface area contributed by atoms with Gasteiger partial charge in [-0.2, -0.15) is 9.50 Å². The Morgan fingerprint density at radius 3 is 2.53 bits per heavy atom. The zero-order chi connectivity index (χ0) is 19.9. The van der Waals surface area contributed by atoms with E-state index in [1.54, 1.807) is 10.7 Å². The molecule has 3 aromatic carbocycles. The molecule has 0 radical (unpaired) electrons. The van der Waals surface area contributed by atoms with Crippen molar-refractivity contribution in [3.8, 4) is 34.1 Å². The summed E-state index contributed by atoms with van der Waals surface area (Å²) in [5.41, 5.74) is 2.88. The van der Waals surface area contributed by atoms with Crippen LogP contribution in [0.5, 0.6) is 11.5 Å². The van der Waals surface area contributed by atoms with Crippen LogP contribution in [0.2, 0.25) is 0 Å². The number of rotatable bonds is 2. The summed E-state index contributed by atoms with van der Waals surface area (Å²) in [7, 11) is 0. The van der Waals surface area contributed by atoms with Crippen LogP contribution in [-0.4, -0.2) is 32.8 Å². The Morgan fingerprint density at radius 2 is 1.60 bits per heavy atom. The number of hydrogen-bond acceptors (Lipinski definition) is 5. The van der Waals surface area contributed by atoms with E-state index in [1.165, 1.54) is 10.8 Å². The molecular weight excluding hydrogens is 376 g/mol. The van der Waals surface area contributed by atoms with E-state index < -0.39 is 0 Å². The highest BCUT2D eigenvalue weighted by molar-refractivity contribution is 5.87. The molecule has 6 nitrogen and oxygen atoms in total. The summed E-state index contributed by atoms with van der Waals surface area (Å²) in [5.74, 6) is 2.65. The van der Waals surface area contributed by atoms with Crippen molar-refractivity contribution in [2.24, 2.45) is 0 Å². The number of benzene rings is 3. The Balaban J connectivity index is 1.46. The van der Waals surface area contributed by atoms with Crippen molar-refractivity contribution in [3.63, 3.8) is 0 Å². The smallest absolute Gasteiger partial charge is 0.253 e. The highest BCUT2D eigenvalue weighted by Crippen LogP contribution is 2.33. The molecule has 0 unspecified atom stereocenters. The Kier molecular flexibility index (Phi) is 3.87. The van der Waals surface area contributed by atoms with Crippen LogP contribution < -0.4 is 9.47 Å². The average molecular weight is 394 g/mol. The molecule has 3 heterocycles. The van der Waals surface area contributed by atoms with E-state index >= 15 is 0 Å². The van der Waals surface area contributed by atoms with E-state index in [4.69, 9.17) is 14.6 Å². The molecule has 0 aliphatic carbocycles. The second kappa shape index (κ2) is 6.84. The van der Waals surface area contributed by atoms with Gasteiger partial charge in [-0.15, -0.1) is 5.10 Å². The SMILES string of the molecule is c1ccc2cc(-c3ccnc4nc(-c5ccc6c(c5)OCCCO6)nn34)ccc2c1. The van der Waals surface area contributed by atoms with Crippen molar-refractivity contribution in [3.05, 3.63) is 72.9 Å². The number of ether oxygens (including phenoxy) is 2. The van der Waals surface area contributed by atoms with Crippen molar-refractivity contribution in [2.45, 2.75) is 6.42 Å². The monoisotopic (exact) mass is 394 g/mol. The predicted octanol–water partition coefficient (Wildman–Crippen LogP) is 4.77. The lowest BCUT2D eigenvalue weighted by atomic mass is 10.1. The molecule has 6 heteroatoms. The van der Waals surface area contributed by atoms with E-state index in [0.717, 1.165) is 34.7 Å². The van der Waals surface area contributed by atoms with Gasteiger partial charge in [0.15, 0.2) is 17.3 Å². The van der Waals surface area contributed by atoms with Crippen LogP contribution in [0.25, 0.3) is 39.2 Å². The van der Waals surface area contributed by atoms with Gasteiger partial charge in [0.05, 0.1) is 18.9 Å². The Labute approximate surface area is 172 Å². The topological polar surface area (TPSA) is 61.5 Å². The van der Waals surface area contributed by atoms with Crippen LogP contribution in [0.15, 0.2) is 72.9 Å². The van der Waals surface area contributed by atoms with Crippen molar-refractivity contribution >= 4 is 16.6 Å². The number of aromatic nitrogens is 4. The first-order valence-corrected chi connectivity index (χ1v) is 9.96. The molecule has 2 aromatic heterocycles. The first-order valence-electron chi connectivity index (χ1n) is 9.96. The number of hydrogen-bond donors (Lipinski definition) is 0. The molecule has 0 bridgehead atoms. The van der Waals surface area contributed by atoms with Gasteiger partial charge in [0.2, 0.25) is 0 Å². The van der Waals surface area contributed by atoms with Gasteiger partial charge in [-0.25, -0.2) is 4.98 Å². The van der Waals surface area contributed by atoms with E-state index in [2.05, 4.69) is 40.3 Å². The maximum atomic E-state index is 5.82. The molecule has 0 spiro atoms. The lowest BCUT2D eigenvalue weighted by Gasteiger charge is -2.07. The van der Waals surface area contributed by atoms with Gasteiger partial charge in [0.25, 0.3) is 5.78 Å². The lowest BCUT2D eigenvalue weighted by molar-refractivity contribution is 0.297. The zero-order valence-electron chi connectivity index (χ0n) is 16.2. The van der Waals surface area contributed by atoms with Crippen molar-refractivity contribution in [2.75, 3.05) is 13.2 Å². The third-order valence-corrected chi connectivity index (χ3v) is 5.29. The molecule has 6 rings (SSSR count). The highest BCUT2D eigenvalue weighted by atomic mass is 16.5. The summed E-state index contributed by atoms with van der Waals surface area (Å²) >= 11 is 0. The van der Waals surface area contributed by atoms with Gasteiger partial charge in [0, 0.05) is 23.7 Å². The number of nitrogens with zero attached hydrogens (tertiary/aromatic N) is 4. The first-order chi connectivity index (χ1) is 14.8. The fraction of sp³-hybridized carbons (Fsp3) is 0.125. The minimum absolute atomic E-state index is 0.558. The van der Waals surface area contributed by atoms with Gasteiger partial charge >= 0.3 is 0 Å². The van der Waals surface area contributed by atoms with Crippen LogP contribution in [-0.2, 0) is 0 Å². The molecule has 0 saturated carbocycles. The molecule has 0 amide bonds. The minimum Gasteiger partial charge on any atom is -0.490 e. The Bertz CT molecular complexity index is 1390. The fourth-order valence-electron chi connectivity index (χ4n) is 3.79. The molecule has 146 valence electrons. The highest BCUT2D eigenvalue weighted by Gasteiger charge is 2.16. The molecule has 1 aliphatic rings. The second-order valence-corrected chi connectivity index (χ2v) is 7.25. The molecule has 0 saturated heterocycles. The zero-order valence-corrected chi connectivity index (χ0v) is 16.2. The van der Waals surface area contributed by atoms with Crippen molar-refractivity contribution < 1.29 is 9.47 Å². The van der Waals surface area contributed by atoms with Crippen LogP contribution in [0.4, 0.5) is 0 Å². The summed E-state index contributed by atoms with van der Waals surface area (Å²) < 4.78 is 13.3. The standard InChI is InChI=1S/C24H18N4O2/c1-2-5-17-14-18(7-6-16(17)4-1)20-10-11-25-24-26-23(27-28(20)24)19-8-9-21-22(15-19)30-13-3-12-29-21/h1-2,4-11,14-15H,3,12-13H2. The van der Waals surface area contributed by atoms with Gasteiger partial charge in [-0.05, 0) is 41.1 Å². The van der Waals surface area contributed by atoms with Crippen LogP contribution in [0.1, 0.15) is 6.42 Å². The Hall–Kier alpha value is -3.93. The summed E-state index contributed by atoms with van der Waals surface area (Å²) in [6.07, 6.45) is 2.64. The summed E-state index contributed by atoms with van der Waals surface area (Å²) in [5, 5.41) is 7.15.